The van der Waals surface area contributed by atoms with E-state index in [4.69, 9.17) is 4.74 Å². The Hall–Kier alpha value is -3.11. The van der Waals surface area contributed by atoms with Crippen LogP contribution < -0.4 is 4.90 Å². The molecule has 2 aromatic rings. The van der Waals surface area contributed by atoms with Crippen molar-refractivity contribution in [3.05, 3.63) is 52.4 Å². The number of amides is 1. The molecule has 0 N–H and O–H groups in total. The molecule has 1 heterocycles. The molecule has 1 aromatic heterocycles. The molecule has 0 saturated carbocycles. The molecular formula is C17H17N3O6S. The van der Waals surface area contributed by atoms with Crippen LogP contribution in [0.2, 0.25) is 0 Å². The van der Waals surface area contributed by atoms with E-state index in [2.05, 4.69) is 16.3 Å². The SMILES string of the molecule is C=CCN(C(=O)COC(=O)COC)c1nc(-c2ccc([N+](=O)[O-])cc2)cs1. The second-order valence-corrected chi connectivity index (χ2v) is 6.04. The molecule has 0 aliphatic rings. The quantitative estimate of drug-likeness (QED) is 0.279. The van der Waals surface area contributed by atoms with Crippen molar-refractivity contribution in [2.24, 2.45) is 0 Å². The van der Waals surface area contributed by atoms with Crippen LogP contribution in [-0.2, 0) is 19.1 Å². The van der Waals surface area contributed by atoms with Crippen molar-refractivity contribution < 1.29 is 24.0 Å². The molecule has 142 valence electrons. The lowest BCUT2D eigenvalue weighted by Crippen LogP contribution is -2.35. The Morgan fingerprint density at radius 3 is 2.63 bits per heavy atom. The third-order valence-corrected chi connectivity index (χ3v) is 4.19. The molecule has 0 atom stereocenters. The molecule has 0 spiro atoms. The Bertz CT molecular complexity index is 833. The van der Waals surface area contributed by atoms with Gasteiger partial charge in [-0.3, -0.25) is 19.8 Å². The zero-order valence-electron chi connectivity index (χ0n) is 14.5. The van der Waals surface area contributed by atoms with E-state index in [0.29, 0.717) is 16.4 Å². The first-order valence-electron chi connectivity index (χ1n) is 7.72. The summed E-state index contributed by atoms with van der Waals surface area (Å²) in [6.07, 6.45) is 1.53. The molecule has 1 aromatic carbocycles. The van der Waals surface area contributed by atoms with E-state index in [0.717, 1.165) is 0 Å². The van der Waals surface area contributed by atoms with Crippen molar-refractivity contribution >= 4 is 34.0 Å². The van der Waals surface area contributed by atoms with Crippen LogP contribution in [0, 0.1) is 10.1 Å². The zero-order valence-corrected chi connectivity index (χ0v) is 15.3. The molecule has 0 radical (unpaired) electrons. The number of ether oxygens (including phenoxy) is 2. The number of non-ortho nitro benzene ring substituents is 1. The number of rotatable bonds is 9. The first-order valence-corrected chi connectivity index (χ1v) is 8.60. The molecule has 0 saturated heterocycles. The topological polar surface area (TPSA) is 112 Å². The third-order valence-electron chi connectivity index (χ3n) is 3.33. The summed E-state index contributed by atoms with van der Waals surface area (Å²) in [4.78, 5) is 39.7. The third kappa shape index (κ3) is 5.43. The number of esters is 1. The van der Waals surface area contributed by atoms with Crippen LogP contribution in [0.4, 0.5) is 10.8 Å². The predicted octanol–water partition coefficient (Wildman–Crippen LogP) is 2.43. The van der Waals surface area contributed by atoms with Gasteiger partial charge in [0.05, 0.1) is 10.6 Å². The van der Waals surface area contributed by atoms with Crippen LogP contribution in [0.25, 0.3) is 11.3 Å². The van der Waals surface area contributed by atoms with E-state index < -0.39 is 23.4 Å². The minimum Gasteiger partial charge on any atom is -0.454 e. The standard InChI is InChI=1S/C17H17N3O6S/c1-3-8-19(15(21)9-26-16(22)10-25-2)17-18-14(11-27-17)12-4-6-13(7-5-12)20(23)24/h3-7,11H,1,8-10H2,2H3. The minimum atomic E-state index is -0.643. The van der Waals surface area contributed by atoms with Crippen molar-refractivity contribution in [1.82, 2.24) is 4.98 Å². The summed E-state index contributed by atoms with van der Waals surface area (Å²) < 4.78 is 9.48. The number of hydrogen-bond acceptors (Lipinski definition) is 8. The molecule has 0 unspecified atom stereocenters. The second-order valence-electron chi connectivity index (χ2n) is 5.21. The van der Waals surface area contributed by atoms with E-state index in [1.54, 1.807) is 17.5 Å². The largest absolute Gasteiger partial charge is 0.454 e. The van der Waals surface area contributed by atoms with Crippen LogP contribution in [0.15, 0.2) is 42.3 Å². The van der Waals surface area contributed by atoms with E-state index in [9.17, 15) is 19.7 Å². The Morgan fingerprint density at radius 2 is 2.04 bits per heavy atom. The van der Waals surface area contributed by atoms with E-state index >= 15 is 0 Å². The summed E-state index contributed by atoms with van der Waals surface area (Å²) in [5.41, 5.74) is 1.24. The molecule has 10 heteroatoms. The maximum Gasteiger partial charge on any atom is 0.332 e. The summed E-state index contributed by atoms with van der Waals surface area (Å²) in [5, 5.41) is 12.9. The lowest BCUT2D eigenvalue weighted by atomic mass is 10.1. The fourth-order valence-electron chi connectivity index (χ4n) is 2.07. The maximum absolute atomic E-state index is 12.4. The molecule has 0 aliphatic carbocycles. The molecule has 0 fully saturated rings. The zero-order chi connectivity index (χ0) is 19.8. The van der Waals surface area contributed by atoms with Crippen molar-refractivity contribution in [1.29, 1.82) is 0 Å². The summed E-state index contributed by atoms with van der Waals surface area (Å²) in [6.45, 7) is 3.12. The molecule has 0 aliphatic heterocycles. The van der Waals surface area contributed by atoms with Gasteiger partial charge in [0, 0.05) is 36.7 Å². The number of nitro benzene ring substituents is 1. The van der Waals surface area contributed by atoms with Gasteiger partial charge in [0.2, 0.25) is 0 Å². The summed E-state index contributed by atoms with van der Waals surface area (Å²) >= 11 is 1.22. The minimum absolute atomic E-state index is 0.0180. The van der Waals surface area contributed by atoms with Gasteiger partial charge in [0.1, 0.15) is 6.61 Å². The Morgan fingerprint density at radius 1 is 1.33 bits per heavy atom. The number of nitrogens with zero attached hydrogens (tertiary/aromatic N) is 3. The smallest absolute Gasteiger partial charge is 0.332 e. The number of hydrogen-bond donors (Lipinski definition) is 0. The van der Waals surface area contributed by atoms with Gasteiger partial charge in [-0.15, -0.1) is 17.9 Å². The van der Waals surface area contributed by atoms with Crippen LogP contribution in [-0.4, -0.2) is 48.7 Å². The fraction of sp³-hybridized carbons (Fsp3) is 0.235. The summed E-state index contributed by atoms with van der Waals surface area (Å²) in [5.74, 6) is -1.10. The van der Waals surface area contributed by atoms with Crippen molar-refractivity contribution in [3.8, 4) is 11.3 Å². The van der Waals surface area contributed by atoms with Gasteiger partial charge in [-0.1, -0.05) is 6.08 Å². The van der Waals surface area contributed by atoms with Gasteiger partial charge in [0.15, 0.2) is 11.7 Å². The lowest BCUT2D eigenvalue weighted by Gasteiger charge is -2.17. The highest BCUT2D eigenvalue weighted by molar-refractivity contribution is 7.14. The van der Waals surface area contributed by atoms with Gasteiger partial charge in [0.25, 0.3) is 11.6 Å². The van der Waals surface area contributed by atoms with Crippen LogP contribution in [0.3, 0.4) is 0 Å². The number of nitro groups is 1. The van der Waals surface area contributed by atoms with E-state index in [-0.39, 0.29) is 18.8 Å². The van der Waals surface area contributed by atoms with Crippen molar-refractivity contribution in [3.63, 3.8) is 0 Å². The highest BCUT2D eigenvalue weighted by Gasteiger charge is 2.20. The van der Waals surface area contributed by atoms with Crippen molar-refractivity contribution in [2.45, 2.75) is 0 Å². The first-order chi connectivity index (χ1) is 13.0. The number of benzene rings is 1. The molecule has 0 bridgehead atoms. The molecule has 2 rings (SSSR count). The summed E-state index contributed by atoms with van der Waals surface area (Å²) in [7, 11) is 1.35. The van der Waals surface area contributed by atoms with Crippen LogP contribution >= 0.6 is 11.3 Å². The normalized spacial score (nSPS) is 10.3. The average Bonchev–Trinajstić information content (AvgIpc) is 3.14. The number of thiazole rings is 1. The number of carbonyl (C=O) groups is 2. The average molecular weight is 391 g/mol. The van der Waals surface area contributed by atoms with Crippen LogP contribution in [0.5, 0.6) is 0 Å². The first kappa shape index (κ1) is 20.2. The number of anilines is 1. The number of carbonyl (C=O) groups excluding carboxylic acids is 2. The Kier molecular flexibility index (Phi) is 7.15. The summed E-state index contributed by atoms with van der Waals surface area (Å²) in [6, 6.07) is 5.94. The van der Waals surface area contributed by atoms with E-state index in [1.807, 2.05) is 0 Å². The highest BCUT2D eigenvalue weighted by Crippen LogP contribution is 2.28. The Labute approximate surface area is 159 Å². The van der Waals surface area contributed by atoms with Crippen molar-refractivity contribution in [2.75, 3.05) is 31.8 Å². The van der Waals surface area contributed by atoms with E-state index in [1.165, 1.54) is 41.6 Å². The lowest BCUT2D eigenvalue weighted by molar-refractivity contribution is -0.384. The number of aromatic nitrogens is 1. The van der Waals surface area contributed by atoms with Gasteiger partial charge in [-0.05, 0) is 12.1 Å². The van der Waals surface area contributed by atoms with Gasteiger partial charge < -0.3 is 9.47 Å². The van der Waals surface area contributed by atoms with Gasteiger partial charge in [-0.2, -0.15) is 0 Å². The molecule has 1 amide bonds. The maximum atomic E-state index is 12.4. The van der Waals surface area contributed by atoms with Gasteiger partial charge in [-0.25, -0.2) is 9.78 Å². The van der Waals surface area contributed by atoms with Gasteiger partial charge >= 0.3 is 5.97 Å². The molecule has 27 heavy (non-hydrogen) atoms. The molecule has 9 nitrogen and oxygen atoms in total. The molecular weight excluding hydrogens is 374 g/mol. The second kappa shape index (κ2) is 9.55. The number of methoxy groups -OCH3 is 1. The fourth-order valence-corrected chi connectivity index (χ4v) is 2.93. The predicted molar refractivity (Wildman–Crippen MR) is 99.6 cm³/mol. The van der Waals surface area contributed by atoms with Crippen LogP contribution in [0.1, 0.15) is 0 Å². The highest BCUT2D eigenvalue weighted by atomic mass is 32.1. The Balaban J connectivity index is 2.14. The monoisotopic (exact) mass is 391 g/mol.